The van der Waals surface area contributed by atoms with Crippen LogP contribution in [0, 0.1) is 11.3 Å². The smallest absolute Gasteiger partial charge is 0.409 e. The number of halogens is 1. The van der Waals surface area contributed by atoms with E-state index in [1.807, 2.05) is 22.4 Å². The Hall–Kier alpha value is -3.15. The van der Waals surface area contributed by atoms with Crippen molar-refractivity contribution < 1.29 is 23.9 Å². The number of hydrogen-bond donors (Lipinski definition) is 2. The number of piperidine rings is 1. The Morgan fingerprint density at radius 2 is 1.67 bits per heavy atom. The minimum atomic E-state index is -0.894. The molecule has 3 heterocycles. The van der Waals surface area contributed by atoms with Gasteiger partial charge >= 0.3 is 6.09 Å². The monoisotopic (exact) mass is 699 g/mol. The number of thiophene rings is 1. The van der Waals surface area contributed by atoms with Crippen molar-refractivity contribution in [2.75, 3.05) is 32.7 Å². The van der Waals surface area contributed by atoms with Gasteiger partial charge in [-0.2, -0.15) is 0 Å². The van der Waals surface area contributed by atoms with Gasteiger partial charge in [-0.05, 0) is 60.6 Å². The zero-order valence-corrected chi connectivity index (χ0v) is 30.0. The maximum absolute atomic E-state index is 14.7. The van der Waals surface area contributed by atoms with E-state index in [1.165, 1.54) is 11.3 Å². The molecular weight excluding hydrogens is 650 g/mol. The van der Waals surface area contributed by atoms with E-state index in [-0.39, 0.29) is 60.5 Å². The predicted molar refractivity (Wildman–Crippen MR) is 188 cm³/mol. The number of benzene rings is 1. The molecule has 3 aliphatic rings. The number of amides is 4. The molecule has 10 nitrogen and oxygen atoms in total. The lowest BCUT2D eigenvalue weighted by Gasteiger charge is -2.44. The van der Waals surface area contributed by atoms with Crippen LogP contribution in [0.4, 0.5) is 4.79 Å². The van der Waals surface area contributed by atoms with Crippen molar-refractivity contribution in [1.82, 2.24) is 25.3 Å². The van der Waals surface area contributed by atoms with E-state index >= 15 is 0 Å². The molecule has 1 aromatic heterocycles. The number of hydrogen-bond acceptors (Lipinski definition) is 7. The van der Waals surface area contributed by atoms with Crippen LogP contribution in [0.25, 0.3) is 0 Å². The van der Waals surface area contributed by atoms with E-state index < -0.39 is 18.2 Å². The number of piperazine rings is 1. The molecule has 2 aliphatic heterocycles. The molecule has 3 fully saturated rings. The standard InChI is InChI=1S/C36H50ClN5O5S/c1-36(2,3)22-31(43)40-17-15-25(16-18-40)32(39-26-10-5-4-6-11-26)34(45)42-20-19-41(35(46)47-30-14-8-7-13-28(30)37)24-29(42)33(44)38-23-27-12-9-21-48-27/h7-9,12-14,21,25-26,29,32,39H,4-6,10-11,15-20,22-24H2,1-3H3,(H,38,44)/t29-,32+/m0/s1. The first-order chi connectivity index (χ1) is 23.0. The third-order valence-corrected chi connectivity index (χ3v) is 10.8. The topological polar surface area (TPSA) is 111 Å². The van der Waals surface area contributed by atoms with Gasteiger partial charge in [0.25, 0.3) is 0 Å². The molecule has 0 radical (unpaired) electrons. The molecule has 1 saturated carbocycles. The van der Waals surface area contributed by atoms with Gasteiger partial charge in [-0.3, -0.25) is 14.4 Å². The van der Waals surface area contributed by atoms with Crippen molar-refractivity contribution in [1.29, 1.82) is 0 Å². The van der Waals surface area contributed by atoms with E-state index in [4.69, 9.17) is 16.3 Å². The molecule has 0 spiro atoms. The van der Waals surface area contributed by atoms with E-state index in [0.29, 0.717) is 43.9 Å². The van der Waals surface area contributed by atoms with E-state index in [1.54, 1.807) is 40.5 Å². The van der Waals surface area contributed by atoms with Crippen LogP contribution in [-0.4, -0.2) is 89.4 Å². The quantitative estimate of drug-likeness (QED) is 0.348. The minimum Gasteiger partial charge on any atom is -0.409 e. The Labute approximate surface area is 293 Å². The summed E-state index contributed by atoms with van der Waals surface area (Å²) in [5.74, 6) is -0.00520. The summed E-state index contributed by atoms with van der Waals surface area (Å²) >= 11 is 7.79. The Balaban J connectivity index is 1.33. The number of para-hydroxylation sites is 1. The van der Waals surface area contributed by atoms with Crippen LogP contribution in [-0.2, 0) is 20.9 Å². The molecule has 1 aromatic carbocycles. The number of likely N-dealkylation sites (tertiary alicyclic amines) is 1. The third kappa shape index (κ3) is 9.72. The lowest BCUT2D eigenvalue weighted by molar-refractivity contribution is -0.147. The highest BCUT2D eigenvalue weighted by Crippen LogP contribution is 2.29. The Bertz CT molecular complexity index is 1400. The van der Waals surface area contributed by atoms with Gasteiger partial charge in [-0.1, -0.05) is 69.8 Å². The first-order valence-electron chi connectivity index (χ1n) is 17.3. The number of rotatable bonds is 9. The molecule has 4 amide bonds. The summed E-state index contributed by atoms with van der Waals surface area (Å²) in [6.07, 6.45) is 6.77. The molecule has 2 N–H and O–H groups in total. The number of carbonyl (C=O) groups excluding carboxylic acids is 4. The minimum absolute atomic E-state index is 0.00119. The van der Waals surface area contributed by atoms with Crippen LogP contribution in [0.2, 0.25) is 5.02 Å². The first-order valence-corrected chi connectivity index (χ1v) is 18.6. The molecule has 48 heavy (non-hydrogen) atoms. The summed E-state index contributed by atoms with van der Waals surface area (Å²) in [6, 6.07) is 9.48. The number of nitrogens with zero attached hydrogens (tertiary/aromatic N) is 3. The fraction of sp³-hybridized carbons (Fsp3) is 0.611. The van der Waals surface area contributed by atoms with Crippen LogP contribution in [0.1, 0.15) is 77.0 Å². The number of nitrogens with one attached hydrogen (secondary N) is 2. The second-order valence-corrected chi connectivity index (χ2v) is 16.0. The molecule has 1 aliphatic carbocycles. The van der Waals surface area contributed by atoms with E-state index in [0.717, 1.165) is 30.6 Å². The van der Waals surface area contributed by atoms with Gasteiger partial charge in [-0.25, -0.2) is 4.79 Å². The molecule has 2 saturated heterocycles. The predicted octanol–water partition coefficient (Wildman–Crippen LogP) is 5.70. The average molecular weight is 700 g/mol. The SMILES string of the molecule is CC(C)(C)CC(=O)N1CCC([C@@H](NC2CCCCC2)C(=O)N2CCN(C(=O)Oc3ccccc3Cl)C[C@H]2C(=O)NCc2cccs2)CC1. The molecule has 12 heteroatoms. The van der Waals surface area contributed by atoms with Crippen LogP contribution in [0.15, 0.2) is 41.8 Å². The van der Waals surface area contributed by atoms with Crippen molar-refractivity contribution in [3.05, 3.63) is 51.7 Å². The van der Waals surface area contributed by atoms with Crippen molar-refractivity contribution in [2.45, 2.75) is 96.8 Å². The van der Waals surface area contributed by atoms with Crippen LogP contribution in [0.5, 0.6) is 5.75 Å². The Morgan fingerprint density at radius 3 is 2.33 bits per heavy atom. The van der Waals surface area contributed by atoms with E-state index in [9.17, 15) is 19.2 Å². The summed E-state index contributed by atoms with van der Waals surface area (Å²) in [5, 5.41) is 9.02. The normalized spacial score (nSPS) is 20.3. The average Bonchev–Trinajstić information content (AvgIpc) is 3.60. The Kier molecular flexibility index (Phi) is 12.4. The summed E-state index contributed by atoms with van der Waals surface area (Å²) in [6.45, 7) is 8.20. The first kappa shape index (κ1) is 36.1. The lowest BCUT2D eigenvalue weighted by Crippen LogP contribution is -2.66. The molecule has 2 atom stereocenters. The molecule has 0 unspecified atom stereocenters. The summed E-state index contributed by atoms with van der Waals surface area (Å²) in [5.41, 5.74) is -0.0873. The van der Waals surface area contributed by atoms with Crippen LogP contribution >= 0.6 is 22.9 Å². The zero-order valence-electron chi connectivity index (χ0n) is 28.4. The molecule has 2 aromatic rings. The molecule has 0 bridgehead atoms. The number of ether oxygens (including phenoxy) is 1. The van der Waals surface area contributed by atoms with Gasteiger partial charge in [-0.15, -0.1) is 11.3 Å². The van der Waals surface area contributed by atoms with Crippen molar-refractivity contribution in [3.63, 3.8) is 0 Å². The van der Waals surface area contributed by atoms with Crippen molar-refractivity contribution >= 4 is 46.8 Å². The van der Waals surface area contributed by atoms with Gasteiger partial charge in [0, 0.05) is 43.5 Å². The molecular formula is C36H50ClN5O5S. The largest absolute Gasteiger partial charge is 0.415 e. The van der Waals surface area contributed by atoms with E-state index in [2.05, 4.69) is 31.4 Å². The fourth-order valence-corrected chi connectivity index (χ4v) is 7.81. The third-order valence-electron chi connectivity index (χ3n) is 9.61. The number of carbonyl (C=O) groups is 4. The second kappa shape index (κ2) is 16.5. The second-order valence-electron chi connectivity index (χ2n) is 14.5. The van der Waals surface area contributed by atoms with Gasteiger partial charge < -0.3 is 30.1 Å². The Morgan fingerprint density at radius 1 is 0.938 bits per heavy atom. The summed E-state index contributed by atoms with van der Waals surface area (Å²) in [7, 11) is 0. The summed E-state index contributed by atoms with van der Waals surface area (Å²) in [4.78, 5) is 60.9. The van der Waals surface area contributed by atoms with Crippen molar-refractivity contribution in [2.24, 2.45) is 11.3 Å². The molecule has 262 valence electrons. The maximum Gasteiger partial charge on any atom is 0.415 e. The highest BCUT2D eigenvalue weighted by atomic mass is 35.5. The van der Waals surface area contributed by atoms with Crippen LogP contribution < -0.4 is 15.4 Å². The highest BCUT2D eigenvalue weighted by molar-refractivity contribution is 7.09. The molecule has 5 rings (SSSR count). The van der Waals surface area contributed by atoms with Gasteiger partial charge in [0.05, 0.1) is 24.2 Å². The summed E-state index contributed by atoms with van der Waals surface area (Å²) < 4.78 is 5.61. The maximum atomic E-state index is 14.7. The van der Waals surface area contributed by atoms with Gasteiger partial charge in [0.1, 0.15) is 6.04 Å². The van der Waals surface area contributed by atoms with Crippen LogP contribution in [0.3, 0.4) is 0 Å². The van der Waals surface area contributed by atoms with Crippen molar-refractivity contribution in [3.8, 4) is 5.75 Å². The zero-order chi connectivity index (χ0) is 34.3. The lowest BCUT2D eigenvalue weighted by atomic mass is 9.85. The fourth-order valence-electron chi connectivity index (χ4n) is 6.99. The van der Waals surface area contributed by atoms with Gasteiger partial charge in [0.2, 0.25) is 17.7 Å². The highest BCUT2D eigenvalue weighted by Gasteiger charge is 2.43. The van der Waals surface area contributed by atoms with Gasteiger partial charge in [0.15, 0.2) is 5.75 Å².